The van der Waals surface area contributed by atoms with E-state index in [9.17, 15) is 19.2 Å². The van der Waals surface area contributed by atoms with E-state index >= 15 is 0 Å². The van der Waals surface area contributed by atoms with E-state index in [0.717, 1.165) is 11.3 Å². The third kappa shape index (κ3) is 6.59. The molecule has 27 heavy (non-hydrogen) atoms. The Hall–Kier alpha value is -2.55. The van der Waals surface area contributed by atoms with E-state index in [-0.39, 0.29) is 18.2 Å². The number of anilines is 1. The molecule has 0 fully saturated rings. The molecule has 1 aliphatic heterocycles. The van der Waals surface area contributed by atoms with Crippen LogP contribution in [0.15, 0.2) is 29.2 Å². The zero-order chi connectivity index (χ0) is 19.8. The van der Waals surface area contributed by atoms with Gasteiger partial charge in [-0.15, -0.1) is 11.8 Å². The highest BCUT2D eigenvalue weighted by molar-refractivity contribution is 8.00. The maximum Gasteiger partial charge on any atom is 0.326 e. The van der Waals surface area contributed by atoms with E-state index in [0.29, 0.717) is 18.2 Å². The van der Waals surface area contributed by atoms with Crippen molar-refractivity contribution < 1.29 is 23.9 Å². The van der Waals surface area contributed by atoms with Gasteiger partial charge < -0.3 is 10.1 Å². The van der Waals surface area contributed by atoms with Gasteiger partial charge >= 0.3 is 12.0 Å². The number of carbonyl (C=O) groups excluding carboxylic acids is 4. The molecule has 0 radical (unpaired) electrons. The normalized spacial score (nSPS) is 13.1. The Morgan fingerprint density at radius 1 is 1.26 bits per heavy atom. The van der Waals surface area contributed by atoms with Gasteiger partial charge in [-0.1, -0.05) is 26.0 Å². The van der Waals surface area contributed by atoms with Gasteiger partial charge in [0.05, 0.1) is 11.4 Å². The van der Waals surface area contributed by atoms with E-state index in [1.54, 1.807) is 12.1 Å². The molecule has 2 N–H and O–H groups in total. The second kappa shape index (κ2) is 9.96. The van der Waals surface area contributed by atoms with Crippen LogP contribution in [-0.4, -0.2) is 49.3 Å². The van der Waals surface area contributed by atoms with Crippen LogP contribution < -0.4 is 15.5 Å². The van der Waals surface area contributed by atoms with Crippen LogP contribution in [0, 0.1) is 5.92 Å². The lowest BCUT2D eigenvalue weighted by Gasteiger charge is -2.27. The Morgan fingerprint density at radius 2 is 2.00 bits per heavy atom. The summed E-state index contributed by atoms with van der Waals surface area (Å²) in [4.78, 5) is 49.5. The van der Waals surface area contributed by atoms with Gasteiger partial charge in [0, 0.05) is 11.4 Å². The van der Waals surface area contributed by atoms with Crippen molar-refractivity contribution in [3.63, 3.8) is 0 Å². The number of nitrogens with one attached hydrogen (secondary N) is 2. The molecule has 1 aliphatic rings. The third-order valence-corrected chi connectivity index (χ3v) is 4.77. The summed E-state index contributed by atoms with van der Waals surface area (Å²) in [6.07, 6.45) is 0.792. The van der Waals surface area contributed by atoms with Crippen molar-refractivity contribution in [3.05, 3.63) is 24.3 Å². The van der Waals surface area contributed by atoms with Crippen LogP contribution >= 0.6 is 11.8 Å². The zero-order valence-corrected chi connectivity index (χ0v) is 16.1. The predicted octanol–water partition coefficient (Wildman–Crippen LogP) is 1.54. The molecule has 1 aromatic carbocycles. The minimum Gasteiger partial charge on any atom is -0.454 e. The lowest BCUT2D eigenvalue weighted by Crippen LogP contribution is -2.43. The van der Waals surface area contributed by atoms with Crippen molar-refractivity contribution in [2.75, 3.05) is 30.3 Å². The maximum absolute atomic E-state index is 12.1. The molecule has 4 amide bonds. The summed E-state index contributed by atoms with van der Waals surface area (Å²) < 4.78 is 4.88. The molecule has 146 valence electrons. The van der Waals surface area contributed by atoms with Gasteiger partial charge in [0.2, 0.25) is 5.91 Å². The first-order chi connectivity index (χ1) is 12.9. The van der Waals surface area contributed by atoms with Crippen LogP contribution in [-0.2, 0) is 19.1 Å². The maximum atomic E-state index is 12.1. The summed E-state index contributed by atoms with van der Waals surface area (Å²) in [5.74, 6) is -0.985. The van der Waals surface area contributed by atoms with Crippen molar-refractivity contribution in [1.82, 2.24) is 10.6 Å². The van der Waals surface area contributed by atoms with Gasteiger partial charge in [-0.05, 0) is 24.5 Å². The number of amides is 4. The number of hydrogen-bond donors (Lipinski definition) is 2. The van der Waals surface area contributed by atoms with Gasteiger partial charge in [-0.3, -0.25) is 24.6 Å². The summed E-state index contributed by atoms with van der Waals surface area (Å²) in [7, 11) is 0. The highest BCUT2D eigenvalue weighted by Crippen LogP contribution is 2.34. The average molecular weight is 393 g/mol. The molecule has 0 atom stereocenters. The third-order valence-electron chi connectivity index (χ3n) is 3.72. The van der Waals surface area contributed by atoms with E-state index in [2.05, 4.69) is 10.6 Å². The Morgan fingerprint density at radius 3 is 2.74 bits per heavy atom. The van der Waals surface area contributed by atoms with Crippen LogP contribution in [0.4, 0.5) is 10.5 Å². The Balaban J connectivity index is 1.77. The van der Waals surface area contributed by atoms with E-state index in [4.69, 9.17) is 4.74 Å². The smallest absolute Gasteiger partial charge is 0.326 e. The van der Waals surface area contributed by atoms with Gasteiger partial charge in [0.25, 0.3) is 5.91 Å². The largest absolute Gasteiger partial charge is 0.454 e. The first-order valence-corrected chi connectivity index (χ1v) is 9.61. The zero-order valence-electron chi connectivity index (χ0n) is 15.3. The summed E-state index contributed by atoms with van der Waals surface area (Å²) in [6.45, 7) is 3.62. The first-order valence-electron chi connectivity index (χ1n) is 8.62. The molecule has 0 spiro atoms. The molecule has 0 unspecified atom stereocenters. The molecular formula is C18H23N3O5S. The monoisotopic (exact) mass is 393 g/mol. The fraction of sp³-hybridized carbons (Fsp3) is 0.444. The predicted molar refractivity (Wildman–Crippen MR) is 101 cm³/mol. The quantitative estimate of drug-likeness (QED) is 0.681. The second-order valence-corrected chi connectivity index (χ2v) is 7.40. The van der Waals surface area contributed by atoms with Gasteiger partial charge in [-0.2, -0.15) is 0 Å². The number of esters is 1. The van der Waals surface area contributed by atoms with E-state index in [1.165, 1.54) is 16.7 Å². The number of hydrogen-bond acceptors (Lipinski definition) is 6. The van der Waals surface area contributed by atoms with Gasteiger partial charge in [0.15, 0.2) is 6.61 Å². The summed E-state index contributed by atoms with van der Waals surface area (Å²) in [5.41, 5.74) is 0.643. The minimum atomic E-state index is -0.730. The summed E-state index contributed by atoms with van der Waals surface area (Å²) in [6, 6.07) is 6.63. The fourth-order valence-corrected chi connectivity index (χ4v) is 3.27. The topological polar surface area (TPSA) is 105 Å². The van der Waals surface area contributed by atoms with Gasteiger partial charge in [0.1, 0.15) is 6.54 Å². The molecule has 0 aromatic heterocycles. The number of nitrogens with zero attached hydrogens (tertiary/aromatic N) is 1. The lowest BCUT2D eigenvalue weighted by molar-refractivity contribution is -0.147. The molecular weight excluding hydrogens is 370 g/mol. The molecule has 2 rings (SSSR count). The Bertz CT molecular complexity index is 723. The highest BCUT2D eigenvalue weighted by Gasteiger charge is 2.27. The van der Waals surface area contributed by atoms with Crippen LogP contribution in [0.1, 0.15) is 20.3 Å². The highest BCUT2D eigenvalue weighted by atomic mass is 32.2. The van der Waals surface area contributed by atoms with Crippen molar-refractivity contribution in [2.24, 2.45) is 5.92 Å². The summed E-state index contributed by atoms with van der Waals surface area (Å²) >= 11 is 1.41. The number of carbonyl (C=O) groups is 4. The molecule has 0 saturated heterocycles. The molecule has 8 nitrogen and oxygen atoms in total. The minimum absolute atomic E-state index is 0.204. The SMILES string of the molecule is CC(C)CCNC(=O)NC(=O)COC(=O)CN1C(=O)CSc2ccccc21. The molecule has 0 saturated carbocycles. The van der Waals surface area contributed by atoms with Crippen molar-refractivity contribution in [2.45, 2.75) is 25.2 Å². The Kier molecular flexibility index (Phi) is 7.66. The number of imide groups is 1. The van der Waals surface area contributed by atoms with E-state index < -0.39 is 24.5 Å². The number of ether oxygens (including phenoxy) is 1. The van der Waals surface area contributed by atoms with Crippen LogP contribution in [0.2, 0.25) is 0 Å². The number of urea groups is 1. The van der Waals surface area contributed by atoms with E-state index in [1.807, 2.05) is 26.0 Å². The summed E-state index contributed by atoms with van der Waals surface area (Å²) in [5, 5.41) is 4.64. The van der Waals surface area contributed by atoms with Crippen LogP contribution in [0.3, 0.4) is 0 Å². The molecule has 1 heterocycles. The average Bonchev–Trinajstić information content (AvgIpc) is 2.62. The van der Waals surface area contributed by atoms with Gasteiger partial charge in [-0.25, -0.2) is 4.79 Å². The first kappa shape index (κ1) is 20.8. The molecule has 0 bridgehead atoms. The number of rotatable bonds is 7. The molecule has 0 aliphatic carbocycles. The molecule has 9 heteroatoms. The van der Waals surface area contributed by atoms with Crippen LogP contribution in [0.25, 0.3) is 0 Å². The number of thioether (sulfide) groups is 1. The standard InChI is InChI=1S/C18H23N3O5S/c1-12(2)7-8-19-18(25)20-15(22)10-26-17(24)9-21-13-5-3-4-6-14(13)27-11-16(21)23/h3-6,12H,7-11H2,1-2H3,(H2,19,20,22,25). The fourth-order valence-electron chi connectivity index (χ4n) is 2.33. The van der Waals surface area contributed by atoms with Crippen LogP contribution in [0.5, 0.6) is 0 Å². The number of benzene rings is 1. The second-order valence-electron chi connectivity index (χ2n) is 6.38. The van der Waals surface area contributed by atoms with Crippen molar-refractivity contribution in [3.8, 4) is 0 Å². The van der Waals surface area contributed by atoms with Crippen molar-refractivity contribution in [1.29, 1.82) is 0 Å². The molecule has 1 aromatic rings. The van der Waals surface area contributed by atoms with Crippen molar-refractivity contribution >= 4 is 41.3 Å². The Labute approximate surface area is 162 Å². The lowest BCUT2D eigenvalue weighted by atomic mass is 10.1. The number of para-hydroxylation sites is 1. The number of fused-ring (bicyclic) bond motifs is 1.